The molecular weight excluding hydrogens is 390 g/mol. The van der Waals surface area contributed by atoms with Gasteiger partial charge in [-0.3, -0.25) is 4.90 Å². The van der Waals surface area contributed by atoms with E-state index in [1.807, 2.05) is 4.90 Å². The molecule has 1 fully saturated rings. The molecule has 2 heterocycles. The number of hydrogen-bond acceptors (Lipinski definition) is 4. The summed E-state index contributed by atoms with van der Waals surface area (Å²) in [5.41, 5.74) is 6.28. The van der Waals surface area contributed by atoms with Gasteiger partial charge in [-0.2, -0.15) is 0 Å². The van der Waals surface area contributed by atoms with Gasteiger partial charge in [-0.05, 0) is 41.5 Å². The zero-order valence-corrected chi connectivity index (χ0v) is 18.1. The van der Waals surface area contributed by atoms with Gasteiger partial charge in [-0.15, -0.1) is 0 Å². The molecule has 2 unspecified atom stereocenters. The van der Waals surface area contributed by atoms with E-state index in [2.05, 4.69) is 54.6 Å². The van der Waals surface area contributed by atoms with Crippen LogP contribution in [0.15, 0.2) is 60.2 Å². The fourth-order valence-corrected chi connectivity index (χ4v) is 5.50. The van der Waals surface area contributed by atoms with E-state index in [0.717, 1.165) is 25.7 Å². The number of nitrogens with zero attached hydrogens (tertiary/aromatic N) is 1. The van der Waals surface area contributed by atoms with Crippen molar-refractivity contribution >= 4 is 6.09 Å². The summed E-state index contributed by atoms with van der Waals surface area (Å²) in [5.74, 6) is 0.0917. The quantitative estimate of drug-likeness (QED) is 0.482. The second-order valence-electron chi connectivity index (χ2n) is 8.64. The largest absolute Gasteiger partial charge is 0.448 e. The van der Waals surface area contributed by atoms with Crippen molar-refractivity contribution in [3.05, 3.63) is 71.3 Å². The molecule has 0 N–H and O–H groups in total. The van der Waals surface area contributed by atoms with Crippen LogP contribution in [0.5, 0.6) is 0 Å². The van der Waals surface area contributed by atoms with Crippen molar-refractivity contribution in [1.29, 1.82) is 0 Å². The standard InChI is InChI=1S/C26H29NO4/c1-29-25(30-2)15-17-13-18-11-12-19(14-17)27(18)26(28)31-16-24-22-9-5-3-7-20(22)21-8-4-6-10-23(21)24/h3-10,13,18-19,24-25H,11-12,14-16H2,1-2H3. The van der Waals surface area contributed by atoms with Crippen LogP contribution in [0.25, 0.3) is 11.1 Å². The van der Waals surface area contributed by atoms with Gasteiger partial charge in [0.05, 0.1) is 6.04 Å². The lowest BCUT2D eigenvalue weighted by molar-refractivity contribution is -0.101. The summed E-state index contributed by atoms with van der Waals surface area (Å²) in [4.78, 5) is 15.1. The van der Waals surface area contributed by atoms with Crippen LogP contribution in [-0.2, 0) is 14.2 Å². The monoisotopic (exact) mass is 419 g/mol. The van der Waals surface area contributed by atoms with Gasteiger partial charge in [-0.1, -0.05) is 60.2 Å². The van der Waals surface area contributed by atoms with Gasteiger partial charge in [0.15, 0.2) is 6.29 Å². The number of methoxy groups -OCH3 is 2. The van der Waals surface area contributed by atoms with E-state index in [9.17, 15) is 4.79 Å². The molecule has 1 saturated heterocycles. The van der Waals surface area contributed by atoms with Crippen LogP contribution in [0.2, 0.25) is 0 Å². The second-order valence-corrected chi connectivity index (χ2v) is 8.64. The van der Waals surface area contributed by atoms with E-state index in [1.54, 1.807) is 14.2 Å². The third-order valence-electron chi connectivity index (χ3n) is 6.97. The molecule has 2 bridgehead atoms. The van der Waals surface area contributed by atoms with E-state index in [1.165, 1.54) is 27.8 Å². The first-order valence-corrected chi connectivity index (χ1v) is 11.1. The van der Waals surface area contributed by atoms with E-state index in [-0.39, 0.29) is 30.4 Å². The van der Waals surface area contributed by atoms with Crippen molar-refractivity contribution in [3.63, 3.8) is 0 Å². The molecule has 0 saturated carbocycles. The fourth-order valence-electron chi connectivity index (χ4n) is 5.50. The first-order chi connectivity index (χ1) is 15.2. The van der Waals surface area contributed by atoms with Gasteiger partial charge < -0.3 is 14.2 Å². The Labute approximate surface area is 183 Å². The molecule has 5 heteroatoms. The third kappa shape index (κ3) is 3.66. The number of rotatable bonds is 6. The summed E-state index contributed by atoms with van der Waals surface area (Å²) in [6.45, 7) is 0.370. The van der Waals surface area contributed by atoms with Crippen molar-refractivity contribution in [2.24, 2.45) is 0 Å². The zero-order chi connectivity index (χ0) is 21.4. The molecule has 5 rings (SSSR count). The number of amides is 1. The first-order valence-electron chi connectivity index (χ1n) is 11.1. The summed E-state index contributed by atoms with van der Waals surface area (Å²) in [5, 5.41) is 0. The van der Waals surface area contributed by atoms with Crippen molar-refractivity contribution in [1.82, 2.24) is 4.90 Å². The summed E-state index contributed by atoms with van der Waals surface area (Å²) < 4.78 is 16.6. The number of fused-ring (bicyclic) bond motifs is 5. The minimum absolute atomic E-state index is 0.0917. The molecule has 0 aromatic heterocycles. The summed E-state index contributed by atoms with van der Waals surface area (Å²) in [6, 6.07) is 17.2. The van der Waals surface area contributed by atoms with E-state index in [0.29, 0.717) is 6.61 Å². The maximum absolute atomic E-state index is 13.1. The lowest BCUT2D eigenvalue weighted by Gasteiger charge is -2.34. The van der Waals surface area contributed by atoms with E-state index in [4.69, 9.17) is 14.2 Å². The van der Waals surface area contributed by atoms with Crippen molar-refractivity contribution in [2.75, 3.05) is 20.8 Å². The Kier molecular flexibility index (Phi) is 5.55. The molecule has 0 radical (unpaired) electrons. The molecule has 31 heavy (non-hydrogen) atoms. The van der Waals surface area contributed by atoms with Gasteiger partial charge in [0, 0.05) is 32.6 Å². The molecule has 162 valence electrons. The van der Waals surface area contributed by atoms with Crippen LogP contribution in [0.3, 0.4) is 0 Å². The SMILES string of the molecule is COC(CC1=CC2CCC(C1)N2C(=O)OCC1c2ccccc2-c2ccccc21)OC. The Morgan fingerprint density at radius 1 is 1.00 bits per heavy atom. The second kappa shape index (κ2) is 8.48. The maximum Gasteiger partial charge on any atom is 0.410 e. The average molecular weight is 420 g/mol. The summed E-state index contributed by atoms with van der Waals surface area (Å²) >= 11 is 0. The number of hydrogen-bond donors (Lipinski definition) is 0. The Morgan fingerprint density at radius 3 is 2.26 bits per heavy atom. The van der Waals surface area contributed by atoms with Gasteiger partial charge in [0.1, 0.15) is 6.61 Å². The third-order valence-corrected chi connectivity index (χ3v) is 6.97. The summed E-state index contributed by atoms with van der Waals surface area (Å²) in [6.07, 6.45) is 5.41. The lowest BCUT2D eigenvalue weighted by atomic mass is 9.98. The predicted octanol–water partition coefficient (Wildman–Crippen LogP) is 5.11. The zero-order valence-electron chi connectivity index (χ0n) is 18.1. The molecule has 3 aliphatic rings. The number of carbonyl (C=O) groups excluding carboxylic acids is 1. The van der Waals surface area contributed by atoms with Crippen LogP contribution < -0.4 is 0 Å². The smallest absolute Gasteiger partial charge is 0.410 e. The highest BCUT2D eigenvalue weighted by Crippen LogP contribution is 2.45. The topological polar surface area (TPSA) is 48.0 Å². The van der Waals surface area contributed by atoms with Crippen LogP contribution in [0.1, 0.15) is 42.7 Å². The Bertz CT molecular complexity index is 951. The highest BCUT2D eigenvalue weighted by molar-refractivity contribution is 5.79. The molecule has 0 spiro atoms. The minimum Gasteiger partial charge on any atom is -0.448 e. The lowest BCUT2D eigenvalue weighted by Crippen LogP contribution is -2.44. The van der Waals surface area contributed by atoms with Gasteiger partial charge in [-0.25, -0.2) is 4.79 Å². The Morgan fingerprint density at radius 2 is 1.65 bits per heavy atom. The predicted molar refractivity (Wildman–Crippen MR) is 119 cm³/mol. The van der Waals surface area contributed by atoms with Gasteiger partial charge >= 0.3 is 6.09 Å². The minimum atomic E-state index is -0.230. The van der Waals surface area contributed by atoms with Crippen LogP contribution in [0, 0.1) is 0 Å². The molecule has 1 amide bonds. The Balaban J connectivity index is 1.28. The van der Waals surface area contributed by atoms with Crippen molar-refractivity contribution in [3.8, 4) is 11.1 Å². The molecule has 2 aliphatic heterocycles. The fraction of sp³-hybridized carbons (Fsp3) is 0.423. The van der Waals surface area contributed by atoms with Crippen LogP contribution in [0.4, 0.5) is 4.79 Å². The molecule has 2 atom stereocenters. The summed E-state index contributed by atoms with van der Waals surface area (Å²) in [7, 11) is 3.32. The molecule has 2 aromatic carbocycles. The van der Waals surface area contributed by atoms with Crippen molar-refractivity contribution < 1.29 is 19.0 Å². The highest BCUT2D eigenvalue weighted by atomic mass is 16.7. The van der Waals surface area contributed by atoms with Gasteiger partial charge in [0.2, 0.25) is 0 Å². The number of carbonyl (C=O) groups is 1. The number of ether oxygens (including phenoxy) is 3. The van der Waals surface area contributed by atoms with Crippen molar-refractivity contribution in [2.45, 2.75) is 50.0 Å². The molecule has 5 nitrogen and oxygen atoms in total. The van der Waals surface area contributed by atoms with Crippen LogP contribution in [-0.4, -0.2) is 50.2 Å². The number of benzene rings is 2. The van der Waals surface area contributed by atoms with Crippen LogP contribution >= 0.6 is 0 Å². The van der Waals surface area contributed by atoms with Gasteiger partial charge in [0.25, 0.3) is 0 Å². The first kappa shape index (κ1) is 20.3. The maximum atomic E-state index is 13.1. The molecule has 2 aromatic rings. The molecular formula is C26H29NO4. The average Bonchev–Trinajstić information content (AvgIpc) is 3.27. The molecule has 1 aliphatic carbocycles. The van der Waals surface area contributed by atoms with E-state index < -0.39 is 0 Å². The Hall–Kier alpha value is -2.63. The normalized spacial score (nSPS) is 21.8. The van der Waals surface area contributed by atoms with E-state index >= 15 is 0 Å². The highest BCUT2D eigenvalue weighted by Gasteiger charge is 2.41.